The maximum absolute atomic E-state index is 13.9. The summed E-state index contributed by atoms with van der Waals surface area (Å²) in [5.41, 5.74) is 0.795. The van der Waals surface area contributed by atoms with Crippen LogP contribution in [-0.4, -0.2) is 34.8 Å². The Morgan fingerprint density at radius 1 is 1.32 bits per heavy atom. The summed E-state index contributed by atoms with van der Waals surface area (Å²) in [7, 11) is 0. The van der Waals surface area contributed by atoms with Crippen molar-refractivity contribution in [2.24, 2.45) is 5.92 Å². The molecule has 2 amide bonds. The van der Waals surface area contributed by atoms with Crippen molar-refractivity contribution in [3.8, 4) is 0 Å². The van der Waals surface area contributed by atoms with E-state index in [1.165, 1.54) is 34.4 Å². The fraction of sp³-hybridized carbons (Fsp3) is 0.389. The second-order valence-electron chi connectivity index (χ2n) is 6.23. The normalized spacial score (nSPS) is 10.8. The summed E-state index contributed by atoms with van der Waals surface area (Å²) >= 11 is 1.32. The lowest BCUT2D eigenvalue weighted by atomic mass is 10.1. The van der Waals surface area contributed by atoms with E-state index in [-0.39, 0.29) is 18.0 Å². The van der Waals surface area contributed by atoms with E-state index in [4.69, 9.17) is 0 Å². The molecule has 7 heteroatoms. The number of hydrogen-bond acceptors (Lipinski definition) is 4. The molecule has 0 aliphatic heterocycles. The largest absolute Gasteiger partial charge is 0.329 e. The molecule has 0 unspecified atom stereocenters. The zero-order valence-corrected chi connectivity index (χ0v) is 15.4. The molecule has 1 aromatic carbocycles. The molecule has 134 valence electrons. The molecule has 1 heterocycles. The molecular weight excluding hydrogens is 341 g/mol. The van der Waals surface area contributed by atoms with Gasteiger partial charge in [-0.3, -0.25) is 9.59 Å². The maximum Gasteiger partial charge on any atom is 0.257 e. The number of thiazole rings is 1. The molecule has 0 aliphatic rings. The van der Waals surface area contributed by atoms with E-state index < -0.39 is 11.7 Å². The molecule has 25 heavy (non-hydrogen) atoms. The molecule has 0 spiro atoms. The lowest BCUT2D eigenvalue weighted by molar-refractivity contribution is -0.116. The third-order valence-corrected chi connectivity index (χ3v) is 4.44. The Hall–Kier alpha value is -2.28. The molecule has 0 saturated heterocycles. The van der Waals surface area contributed by atoms with Crippen molar-refractivity contribution in [1.82, 2.24) is 9.88 Å². The SMILES string of the molecule is Cc1csc(NC(=O)CN(CCC(C)C)C(=O)c2ccccc2F)n1. The first-order valence-corrected chi connectivity index (χ1v) is 9.00. The van der Waals surface area contributed by atoms with Crippen molar-refractivity contribution >= 4 is 28.3 Å². The highest BCUT2D eigenvalue weighted by atomic mass is 32.1. The standard InChI is InChI=1S/C18H22FN3O2S/c1-12(2)8-9-22(17(24)14-6-4-5-7-15(14)19)10-16(23)21-18-20-13(3)11-25-18/h4-7,11-12H,8-10H2,1-3H3,(H,20,21,23). The number of amides is 2. The van der Waals surface area contributed by atoms with Crippen LogP contribution in [-0.2, 0) is 4.79 Å². The van der Waals surface area contributed by atoms with Crippen molar-refractivity contribution in [2.45, 2.75) is 27.2 Å². The van der Waals surface area contributed by atoms with Gasteiger partial charge in [-0.25, -0.2) is 9.37 Å². The highest BCUT2D eigenvalue weighted by Gasteiger charge is 2.22. The second-order valence-corrected chi connectivity index (χ2v) is 7.09. The summed E-state index contributed by atoms with van der Waals surface area (Å²) in [5, 5.41) is 5.00. The van der Waals surface area contributed by atoms with E-state index in [1.807, 2.05) is 26.2 Å². The van der Waals surface area contributed by atoms with Crippen LogP contribution in [0.5, 0.6) is 0 Å². The summed E-state index contributed by atoms with van der Waals surface area (Å²) in [5.74, 6) is -1.05. The van der Waals surface area contributed by atoms with Crippen molar-refractivity contribution in [2.75, 3.05) is 18.4 Å². The van der Waals surface area contributed by atoms with E-state index in [2.05, 4.69) is 10.3 Å². The minimum atomic E-state index is -0.585. The van der Waals surface area contributed by atoms with Gasteiger partial charge in [0.25, 0.3) is 5.91 Å². The smallest absolute Gasteiger partial charge is 0.257 e. The Morgan fingerprint density at radius 3 is 2.64 bits per heavy atom. The van der Waals surface area contributed by atoms with Crippen LogP contribution in [0.3, 0.4) is 0 Å². The molecular formula is C18H22FN3O2S. The number of nitrogens with zero attached hydrogens (tertiary/aromatic N) is 2. The number of halogens is 1. The van der Waals surface area contributed by atoms with Crippen LogP contribution in [0.1, 0.15) is 36.3 Å². The molecule has 0 saturated carbocycles. The zero-order chi connectivity index (χ0) is 18.4. The molecule has 5 nitrogen and oxygen atoms in total. The first kappa shape index (κ1) is 19.1. The second kappa shape index (κ2) is 8.71. The Morgan fingerprint density at radius 2 is 2.04 bits per heavy atom. The van der Waals surface area contributed by atoms with Crippen molar-refractivity contribution in [3.05, 3.63) is 46.7 Å². The lowest BCUT2D eigenvalue weighted by Gasteiger charge is -2.23. The average molecular weight is 363 g/mol. The number of rotatable bonds is 7. The van der Waals surface area contributed by atoms with Gasteiger partial charge in [-0.1, -0.05) is 26.0 Å². The summed E-state index contributed by atoms with van der Waals surface area (Å²) in [4.78, 5) is 30.5. The van der Waals surface area contributed by atoms with Gasteiger partial charge in [0.15, 0.2) is 5.13 Å². The van der Waals surface area contributed by atoms with Gasteiger partial charge in [-0.05, 0) is 31.4 Å². The molecule has 2 aromatic rings. The number of carbonyl (C=O) groups excluding carboxylic acids is 2. The molecule has 0 radical (unpaired) electrons. The minimum absolute atomic E-state index is 0.0239. The van der Waals surface area contributed by atoms with E-state index in [9.17, 15) is 14.0 Å². The molecule has 0 aliphatic carbocycles. The minimum Gasteiger partial charge on any atom is -0.329 e. The van der Waals surface area contributed by atoms with Gasteiger partial charge in [-0.2, -0.15) is 0 Å². The van der Waals surface area contributed by atoms with Crippen molar-refractivity contribution in [1.29, 1.82) is 0 Å². The van der Waals surface area contributed by atoms with Gasteiger partial charge >= 0.3 is 0 Å². The van der Waals surface area contributed by atoms with Gasteiger partial charge in [0.1, 0.15) is 12.4 Å². The van der Waals surface area contributed by atoms with E-state index in [1.54, 1.807) is 6.07 Å². The summed E-state index contributed by atoms with van der Waals surface area (Å²) < 4.78 is 13.9. The number of hydrogen-bond donors (Lipinski definition) is 1. The highest BCUT2D eigenvalue weighted by Crippen LogP contribution is 2.15. The topological polar surface area (TPSA) is 62.3 Å². The number of carbonyl (C=O) groups is 2. The van der Waals surface area contributed by atoms with Crippen molar-refractivity contribution < 1.29 is 14.0 Å². The number of aromatic nitrogens is 1. The fourth-order valence-electron chi connectivity index (χ4n) is 2.21. The van der Waals surface area contributed by atoms with Crippen LogP contribution < -0.4 is 5.32 Å². The van der Waals surface area contributed by atoms with Gasteiger partial charge in [0.2, 0.25) is 5.91 Å². The van der Waals surface area contributed by atoms with Gasteiger partial charge in [0.05, 0.1) is 11.3 Å². The zero-order valence-electron chi connectivity index (χ0n) is 14.6. The third-order valence-electron chi connectivity index (χ3n) is 3.57. The van der Waals surface area contributed by atoms with Crippen LogP contribution in [0.2, 0.25) is 0 Å². The predicted molar refractivity (Wildman–Crippen MR) is 97.2 cm³/mol. The van der Waals surface area contributed by atoms with Crippen LogP contribution in [0.25, 0.3) is 0 Å². The molecule has 2 rings (SSSR count). The third kappa shape index (κ3) is 5.63. The first-order chi connectivity index (χ1) is 11.9. The quantitative estimate of drug-likeness (QED) is 0.815. The van der Waals surface area contributed by atoms with Crippen LogP contribution in [0.15, 0.2) is 29.6 Å². The number of nitrogens with one attached hydrogen (secondary N) is 1. The van der Waals surface area contributed by atoms with Crippen molar-refractivity contribution in [3.63, 3.8) is 0 Å². The fourth-order valence-corrected chi connectivity index (χ4v) is 2.92. The Balaban J connectivity index is 2.10. The predicted octanol–water partition coefficient (Wildman–Crippen LogP) is 3.72. The van der Waals surface area contributed by atoms with Gasteiger partial charge < -0.3 is 10.2 Å². The Labute approximate surface area is 150 Å². The Kier molecular flexibility index (Phi) is 6.64. The van der Waals surface area contributed by atoms with Gasteiger partial charge in [0, 0.05) is 11.9 Å². The van der Waals surface area contributed by atoms with Crippen LogP contribution in [0.4, 0.5) is 9.52 Å². The Bertz CT molecular complexity index is 745. The maximum atomic E-state index is 13.9. The van der Waals surface area contributed by atoms with E-state index in [0.717, 1.165) is 12.1 Å². The van der Waals surface area contributed by atoms with Crippen LogP contribution >= 0.6 is 11.3 Å². The van der Waals surface area contributed by atoms with E-state index in [0.29, 0.717) is 17.6 Å². The first-order valence-electron chi connectivity index (χ1n) is 8.12. The number of benzene rings is 1. The average Bonchev–Trinajstić information content (AvgIpc) is 2.96. The summed E-state index contributed by atoms with van der Waals surface area (Å²) in [6.45, 7) is 6.14. The molecule has 1 aromatic heterocycles. The summed E-state index contributed by atoms with van der Waals surface area (Å²) in [6, 6.07) is 5.81. The monoisotopic (exact) mass is 363 g/mol. The summed E-state index contributed by atoms with van der Waals surface area (Å²) in [6.07, 6.45) is 0.726. The lowest BCUT2D eigenvalue weighted by Crippen LogP contribution is -2.39. The molecule has 0 bridgehead atoms. The van der Waals surface area contributed by atoms with Crippen LogP contribution in [0, 0.1) is 18.7 Å². The van der Waals surface area contributed by atoms with Gasteiger partial charge in [-0.15, -0.1) is 11.3 Å². The molecule has 0 fully saturated rings. The number of anilines is 1. The molecule has 0 atom stereocenters. The highest BCUT2D eigenvalue weighted by molar-refractivity contribution is 7.13. The van der Waals surface area contributed by atoms with E-state index >= 15 is 0 Å². The number of aryl methyl sites for hydroxylation is 1. The molecule has 1 N–H and O–H groups in total.